The minimum absolute atomic E-state index is 0.0419. The Morgan fingerprint density at radius 3 is 2.32 bits per heavy atom. The summed E-state index contributed by atoms with van der Waals surface area (Å²) in [6.45, 7) is 1.03. The third kappa shape index (κ3) is 9.69. The van der Waals surface area contributed by atoms with E-state index in [1.54, 1.807) is 24.3 Å². The van der Waals surface area contributed by atoms with Crippen LogP contribution in [0, 0.1) is 0 Å². The standard InChI is InChI=1S/C36H37Cl3N2O6/c1-41(21-32(44)28-8-4-10-30(43)17-28)20-31-18-33(25-13-11-23(22-42)12-14-25)47-34(46-31)29-9-3-7-27(16-29)26-6-2-5-24(15-26)19-40-35(45)36(37,38)39/h2-17,31-34,42-44H,18-22H2,1H3,(H,40,45)/t31-,32+,33+,34+/m0/s1. The van der Waals surface area contributed by atoms with Crippen molar-refractivity contribution < 1.29 is 29.6 Å². The van der Waals surface area contributed by atoms with Crippen LogP contribution in [0.15, 0.2) is 97.1 Å². The van der Waals surface area contributed by atoms with Gasteiger partial charge in [0.15, 0.2) is 6.29 Å². The number of aliphatic hydroxyl groups excluding tert-OH is 2. The van der Waals surface area contributed by atoms with Crippen molar-refractivity contribution in [3.05, 3.63) is 125 Å². The molecular weight excluding hydrogens is 663 g/mol. The largest absolute Gasteiger partial charge is 0.508 e. The van der Waals surface area contributed by atoms with Gasteiger partial charge in [-0.1, -0.05) is 108 Å². The smallest absolute Gasteiger partial charge is 0.272 e. The van der Waals surface area contributed by atoms with Crippen molar-refractivity contribution in [3.63, 3.8) is 0 Å². The molecule has 5 rings (SSSR count). The third-order valence-electron chi connectivity index (χ3n) is 8.00. The zero-order valence-corrected chi connectivity index (χ0v) is 28.0. The van der Waals surface area contributed by atoms with Crippen LogP contribution < -0.4 is 5.32 Å². The van der Waals surface area contributed by atoms with E-state index in [2.05, 4.69) is 5.32 Å². The van der Waals surface area contributed by atoms with E-state index >= 15 is 0 Å². The number of phenols is 1. The lowest BCUT2D eigenvalue weighted by Crippen LogP contribution is -2.39. The predicted octanol–water partition coefficient (Wildman–Crippen LogP) is 6.75. The van der Waals surface area contributed by atoms with Crippen molar-refractivity contribution in [2.24, 2.45) is 0 Å². The summed E-state index contributed by atoms with van der Waals surface area (Å²) in [5.41, 5.74) is 5.96. The van der Waals surface area contributed by atoms with Crippen LogP contribution in [0.4, 0.5) is 0 Å². The molecule has 4 atom stereocenters. The van der Waals surface area contributed by atoms with Crippen LogP contribution in [0.2, 0.25) is 0 Å². The minimum atomic E-state index is -2.04. The van der Waals surface area contributed by atoms with Crippen LogP contribution in [0.3, 0.4) is 0 Å². The first kappa shape index (κ1) is 35.1. The van der Waals surface area contributed by atoms with Gasteiger partial charge in [0.2, 0.25) is 0 Å². The van der Waals surface area contributed by atoms with E-state index in [1.165, 1.54) is 0 Å². The molecule has 8 nitrogen and oxygen atoms in total. The van der Waals surface area contributed by atoms with Gasteiger partial charge in [0.1, 0.15) is 5.75 Å². The fraction of sp³-hybridized carbons (Fsp3) is 0.306. The highest BCUT2D eigenvalue weighted by Crippen LogP contribution is 2.39. The topological polar surface area (TPSA) is 111 Å². The second-order valence-corrected chi connectivity index (χ2v) is 14.0. The molecule has 1 amide bonds. The minimum Gasteiger partial charge on any atom is -0.508 e. The normalized spacial score (nSPS) is 19.0. The van der Waals surface area contributed by atoms with Gasteiger partial charge in [-0.05, 0) is 64.7 Å². The van der Waals surface area contributed by atoms with Gasteiger partial charge in [0.05, 0.1) is 24.9 Å². The zero-order chi connectivity index (χ0) is 33.6. The quantitative estimate of drug-likeness (QED) is 0.128. The van der Waals surface area contributed by atoms with Gasteiger partial charge in [-0.15, -0.1) is 0 Å². The van der Waals surface area contributed by atoms with Crippen molar-refractivity contribution in [2.75, 3.05) is 20.1 Å². The second-order valence-electron chi connectivity index (χ2n) is 11.7. The van der Waals surface area contributed by atoms with Crippen LogP contribution >= 0.6 is 34.8 Å². The lowest BCUT2D eigenvalue weighted by Gasteiger charge is -2.38. The molecule has 47 heavy (non-hydrogen) atoms. The molecule has 11 heteroatoms. The summed E-state index contributed by atoms with van der Waals surface area (Å²) in [6.07, 6.45) is -1.38. The highest BCUT2D eigenvalue weighted by Gasteiger charge is 2.33. The lowest BCUT2D eigenvalue weighted by molar-refractivity contribution is -0.252. The molecule has 1 saturated heterocycles. The molecule has 4 N–H and O–H groups in total. The zero-order valence-electron chi connectivity index (χ0n) is 25.7. The number of aliphatic hydroxyl groups is 2. The molecule has 0 saturated carbocycles. The van der Waals surface area contributed by atoms with E-state index in [9.17, 15) is 20.1 Å². The molecule has 1 aliphatic heterocycles. The Labute approximate surface area is 289 Å². The predicted molar refractivity (Wildman–Crippen MR) is 183 cm³/mol. The molecule has 0 aliphatic carbocycles. The van der Waals surface area contributed by atoms with Gasteiger partial charge < -0.3 is 35.0 Å². The number of hydrogen-bond donors (Lipinski definition) is 4. The fourth-order valence-corrected chi connectivity index (χ4v) is 5.80. The van der Waals surface area contributed by atoms with E-state index in [0.29, 0.717) is 25.1 Å². The van der Waals surface area contributed by atoms with Crippen molar-refractivity contribution in [1.29, 1.82) is 0 Å². The number of ether oxygens (including phenoxy) is 2. The van der Waals surface area contributed by atoms with E-state index in [1.807, 2.05) is 84.7 Å². The lowest BCUT2D eigenvalue weighted by atomic mass is 9.98. The van der Waals surface area contributed by atoms with Crippen LogP contribution in [0.5, 0.6) is 5.75 Å². The van der Waals surface area contributed by atoms with Crippen LogP contribution in [0.25, 0.3) is 11.1 Å². The van der Waals surface area contributed by atoms with Gasteiger partial charge in [-0.2, -0.15) is 0 Å². The Morgan fingerprint density at radius 2 is 1.62 bits per heavy atom. The number of aromatic hydroxyl groups is 1. The van der Waals surface area contributed by atoms with Crippen molar-refractivity contribution in [1.82, 2.24) is 10.2 Å². The number of rotatable bonds is 11. The molecule has 4 aromatic carbocycles. The molecule has 0 radical (unpaired) electrons. The van der Waals surface area contributed by atoms with Gasteiger partial charge >= 0.3 is 0 Å². The van der Waals surface area contributed by atoms with Crippen molar-refractivity contribution >= 4 is 40.7 Å². The molecule has 0 aromatic heterocycles. The number of alkyl halides is 3. The van der Waals surface area contributed by atoms with Crippen LogP contribution in [0.1, 0.15) is 52.7 Å². The number of phenolic OH excluding ortho intramolecular Hbond substituents is 1. The van der Waals surface area contributed by atoms with E-state index in [-0.39, 0.29) is 31.1 Å². The molecule has 0 spiro atoms. The SMILES string of the molecule is CN(C[C@@H]1C[C@H](c2ccc(CO)cc2)O[C@H](c2cccc(-c3cccc(CNC(=O)C(Cl)(Cl)Cl)c3)c2)O1)C[C@@H](O)c1cccc(O)c1. The average molecular weight is 700 g/mol. The summed E-state index contributed by atoms with van der Waals surface area (Å²) in [5.74, 6) is -0.591. The summed E-state index contributed by atoms with van der Waals surface area (Å²) in [4.78, 5) is 14.0. The number of carbonyl (C=O) groups is 1. The number of amides is 1. The highest BCUT2D eigenvalue weighted by atomic mass is 35.6. The number of nitrogens with one attached hydrogen (secondary N) is 1. The highest BCUT2D eigenvalue weighted by molar-refractivity contribution is 6.76. The van der Waals surface area contributed by atoms with Crippen LogP contribution in [-0.4, -0.2) is 56.2 Å². The van der Waals surface area contributed by atoms with Crippen molar-refractivity contribution in [3.8, 4) is 16.9 Å². The van der Waals surface area contributed by atoms with Gasteiger partial charge in [-0.25, -0.2) is 0 Å². The Morgan fingerprint density at radius 1 is 0.915 bits per heavy atom. The number of nitrogens with zero attached hydrogens (tertiary/aromatic N) is 1. The van der Waals surface area contributed by atoms with E-state index in [4.69, 9.17) is 44.3 Å². The first-order valence-corrected chi connectivity index (χ1v) is 16.3. The maximum atomic E-state index is 12.0. The van der Waals surface area contributed by atoms with Gasteiger partial charge in [0.25, 0.3) is 9.70 Å². The van der Waals surface area contributed by atoms with Gasteiger partial charge in [0, 0.05) is 31.6 Å². The molecule has 1 aliphatic rings. The monoisotopic (exact) mass is 698 g/mol. The molecule has 4 aromatic rings. The number of benzene rings is 4. The summed E-state index contributed by atoms with van der Waals surface area (Å²) in [6, 6.07) is 30.0. The molecular formula is C36H37Cl3N2O6. The number of likely N-dealkylation sites (N-methyl/N-ethyl adjacent to an activating group) is 1. The Bertz CT molecular complexity index is 1650. The molecule has 248 valence electrons. The maximum absolute atomic E-state index is 12.0. The second kappa shape index (κ2) is 15.8. The van der Waals surface area contributed by atoms with Crippen molar-refractivity contribution in [2.45, 2.75) is 48.0 Å². The Balaban J connectivity index is 1.34. The first-order valence-electron chi connectivity index (χ1n) is 15.2. The summed E-state index contributed by atoms with van der Waals surface area (Å²) in [5, 5.41) is 32.8. The fourth-order valence-electron chi connectivity index (χ4n) is 5.60. The summed E-state index contributed by atoms with van der Waals surface area (Å²) in [7, 11) is 1.92. The first-order chi connectivity index (χ1) is 22.5. The third-order valence-corrected chi connectivity index (χ3v) is 8.51. The van der Waals surface area contributed by atoms with Crippen LogP contribution in [-0.2, 0) is 27.4 Å². The molecule has 0 unspecified atom stereocenters. The Kier molecular flexibility index (Phi) is 11.8. The van der Waals surface area contributed by atoms with E-state index in [0.717, 1.165) is 33.4 Å². The Hall–Kier alpha value is -3.18. The molecule has 1 fully saturated rings. The number of carbonyl (C=O) groups excluding carboxylic acids is 1. The van der Waals surface area contributed by atoms with Gasteiger partial charge in [-0.3, -0.25) is 4.79 Å². The number of halogens is 3. The molecule has 0 bridgehead atoms. The summed E-state index contributed by atoms with van der Waals surface area (Å²) >= 11 is 17.1. The number of hydrogen-bond acceptors (Lipinski definition) is 7. The van der Waals surface area contributed by atoms with E-state index < -0.39 is 22.1 Å². The molecule has 1 heterocycles. The maximum Gasteiger partial charge on any atom is 0.272 e. The average Bonchev–Trinajstić information content (AvgIpc) is 3.06. The summed E-state index contributed by atoms with van der Waals surface area (Å²) < 4.78 is 11.1.